The fraction of sp³-hybridized carbons (Fsp3) is 0.278. The number of hydrogen-bond donors (Lipinski definition) is 0. The van der Waals surface area contributed by atoms with E-state index >= 15 is 0 Å². The molecule has 0 spiro atoms. The van der Waals surface area contributed by atoms with Crippen molar-refractivity contribution in [3.63, 3.8) is 0 Å². The summed E-state index contributed by atoms with van der Waals surface area (Å²) in [7, 11) is 0. The summed E-state index contributed by atoms with van der Waals surface area (Å²) in [6, 6.07) is 21.6. The van der Waals surface area contributed by atoms with Gasteiger partial charge in [0.05, 0.1) is 21.5 Å². The highest BCUT2D eigenvalue weighted by Gasteiger charge is 2.72. The predicted molar refractivity (Wildman–Crippen MR) is 169 cm³/mol. The number of nitriles is 2. The molecule has 4 rings (SSSR count). The molecule has 0 fully saturated rings. The minimum absolute atomic E-state index is 0.0586. The zero-order valence-electron chi connectivity index (χ0n) is 25.2. The average molecular weight is 690 g/mol. The van der Waals surface area contributed by atoms with Crippen molar-refractivity contribution >= 4 is 23.2 Å². The van der Waals surface area contributed by atoms with Gasteiger partial charge in [0.25, 0.3) is 0 Å². The van der Waals surface area contributed by atoms with E-state index in [2.05, 4.69) is 6.07 Å². The van der Waals surface area contributed by atoms with Crippen molar-refractivity contribution in [3.8, 4) is 23.6 Å². The Hall–Kier alpha value is -4.18. The first kappa shape index (κ1) is 35.7. The standard InChI is InChI=1S/C36H28Cl2F6N2O/c1-3-24(29-7-4-8-32(38)30(29)20-45)13-10-23-11-14-25(15-12-23)34(35(39,40)41,36(42,43)44)26-16-18-27(19-17-26)47-33-9-5-6-28(22(2)37)31(33)21-46/h4-9,11-12,14-19,22,24H,3,10,13H2,1-2H3/t22-,24?/m0/s1. The second kappa shape index (κ2) is 14.3. The van der Waals surface area contributed by atoms with Gasteiger partial charge in [0.1, 0.15) is 23.6 Å². The van der Waals surface area contributed by atoms with Crippen molar-refractivity contribution < 1.29 is 31.1 Å². The van der Waals surface area contributed by atoms with Gasteiger partial charge in [-0.1, -0.05) is 79.2 Å². The fourth-order valence-corrected chi connectivity index (χ4v) is 6.21. The third-order valence-electron chi connectivity index (χ3n) is 8.22. The molecular formula is C36H28Cl2F6N2O. The molecule has 4 aromatic carbocycles. The van der Waals surface area contributed by atoms with E-state index in [0.717, 1.165) is 42.0 Å². The first-order valence-electron chi connectivity index (χ1n) is 14.6. The number of ether oxygens (including phenoxy) is 1. The van der Waals surface area contributed by atoms with Gasteiger partial charge in [-0.2, -0.15) is 36.9 Å². The largest absolute Gasteiger partial charge is 0.456 e. The summed E-state index contributed by atoms with van der Waals surface area (Å²) in [5, 5.41) is 18.9. The van der Waals surface area contributed by atoms with Crippen LogP contribution in [0.4, 0.5) is 26.3 Å². The van der Waals surface area contributed by atoms with E-state index in [1.807, 2.05) is 13.0 Å². The maximum absolute atomic E-state index is 14.8. The first-order valence-corrected chi connectivity index (χ1v) is 15.4. The van der Waals surface area contributed by atoms with E-state index in [4.69, 9.17) is 27.9 Å². The monoisotopic (exact) mass is 688 g/mol. The summed E-state index contributed by atoms with van der Waals surface area (Å²) in [6.07, 6.45) is -10.0. The van der Waals surface area contributed by atoms with E-state index in [1.54, 1.807) is 37.3 Å². The van der Waals surface area contributed by atoms with E-state index in [0.29, 0.717) is 41.0 Å². The van der Waals surface area contributed by atoms with Gasteiger partial charge < -0.3 is 4.74 Å². The fourth-order valence-electron chi connectivity index (χ4n) is 5.81. The molecule has 0 aliphatic heterocycles. The molecule has 0 aliphatic rings. The molecule has 0 amide bonds. The quantitative estimate of drug-likeness (QED) is 0.123. The second-order valence-electron chi connectivity index (χ2n) is 11.0. The van der Waals surface area contributed by atoms with Crippen LogP contribution in [0.1, 0.15) is 76.9 Å². The Morgan fingerprint density at radius 1 is 0.745 bits per heavy atom. The molecule has 11 heteroatoms. The van der Waals surface area contributed by atoms with Gasteiger partial charge in [-0.25, -0.2) is 0 Å². The lowest BCUT2D eigenvalue weighted by atomic mass is 9.72. The number of rotatable bonds is 10. The lowest BCUT2D eigenvalue weighted by Gasteiger charge is -2.38. The molecule has 2 atom stereocenters. The number of benzene rings is 4. The molecule has 0 N–H and O–H groups in total. The molecule has 0 saturated carbocycles. The molecule has 1 unspecified atom stereocenters. The maximum atomic E-state index is 14.8. The van der Waals surface area contributed by atoms with Crippen LogP contribution in [0, 0.1) is 22.7 Å². The number of aryl methyl sites for hydroxylation is 1. The Bertz CT molecular complexity index is 1770. The third kappa shape index (κ3) is 7.07. The smallest absolute Gasteiger partial charge is 0.411 e. The number of alkyl halides is 7. The van der Waals surface area contributed by atoms with Gasteiger partial charge in [0.15, 0.2) is 0 Å². The van der Waals surface area contributed by atoms with Crippen LogP contribution < -0.4 is 4.74 Å². The predicted octanol–water partition coefficient (Wildman–Crippen LogP) is 11.7. The highest BCUT2D eigenvalue weighted by molar-refractivity contribution is 6.31. The van der Waals surface area contributed by atoms with Crippen molar-refractivity contribution in [2.45, 2.75) is 62.2 Å². The Kier molecular flexibility index (Phi) is 10.8. The van der Waals surface area contributed by atoms with Crippen LogP contribution in [0.25, 0.3) is 0 Å². The normalized spacial score (nSPS) is 13.4. The Morgan fingerprint density at radius 2 is 1.28 bits per heavy atom. The van der Waals surface area contributed by atoms with Crippen LogP contribution in [0.2, 0.25) is 5.02 Å². The minimum atomic E-state index is -5.76. The lowest BCUT2D eigenvalue weighted by Crippen LogP contribution is -2.54. The van der Waals surface area contributed by atoms with E-state index in [-0.39, 0.29) is 23.0 Å². The van der Waals surface area contributed by atoms with Gasteiger partial charge in [-0.05, 0) is 84.2 Å². The van der Waals surface area contributed by atoms with Gasteiger partial charge >= 0.3 is 12.4 Å². The van der Waals surface area contributed by atoms with Crippen molar-refractivity contribution in [1.29, 1.82) is 10.5 Å². The molecule has 244 valence electrons. The molecule has 0 bridgehead atoms. The molecular weight excluding hydrogens is 661 g/mol. The average Bonchev–Trinajstić information content (AvgIpc) is 3.01. The van der Waals surface area contributed by atoms with Gasteiger partial charge in [0.2, 0.25) is 5.41 Å². The molecule has 47 heavy (non-hydrogen) atoms. The first-order chi connectivity index (χ1) is 22.2. The number of hydrogen-bond acceptors (Lipinski definition) is 3. The molecule has 4 aromatic rings. The van der Waals surface area contributed by atoms with Gasteiger partial charge in [-0.3, -0.25) is 0 Å². The third-order valence-corrected chi connectivity index (χ3v) is 8.77. The van der Waals surface area contributed by atoms with E-state index < -0.39 is 34.3 Å². The summed E-state index contributed by atoms with van der Waals surface area (Å²) in [4.78, 5) is 0. The van der Waals surface area contributed by atoms with Crippen molar-refractivity contribution in [2.75, 3.05) is 0 Å². The van der Waals surface area contributed by atoms with Gasteiger partial charge in [-0.15, -0.1) is 11.6 Å². The van der Waals surface area contributed by atoms with Crippen LogP contribution in [0.3, 0.4) is 0 Å². The summed E-state index contributed by atoms with van der Waals surface area (Å²) in [5.41, 5.74) is -4.18. The summed E-state index contributed by atoms with van der Waals surface area (Å²) in [5.74, 6) is -0.107. The summed E-state index contributed by atoms with van der Waals surface area (Å²) in [6.45, 7) is 3.57. The molecule has 0 aliphatic carbocycles. The summed E-state index contributed by atoms with van der Waals surface area (Å²) < 4.78 is 94.3. The molecule has 0 heterocycles. The molecule has 0 aromatic heterocycles. The number of nitrogens with zero attached hydrogens (tertiary/aromatic N) is 2. The van der Waals surface area contributed by atoms with Crippen molar-refractivity contribution in [3.05, 3.63) is 129 Å². The molecule has 0 radical (unpaired) electrons. The maximum Gasteiger partial charge on any atom is 0.411 e. The van der Waals surface area contributed by atoms with Crippen molar-refractivity contribution in [2.24, 2.45) is 0 Å². The highest BCUT2D eigenvalue weighted by atomic mass is 35.5. The topological polar surface area (TPSA) is 56.8 Å². The van der Waals surface area contributed by atoms with E-state index in [1.165, 1.54) is 18.2 Å². The second-order valence-corrected chi connectivity index (χ2v) is 12.0. The Labute approximate surface area is 278 Å². The number of halogens is 8. The Balaban J connectivity index is 1.67. The van der Waals surface area contributed by atoms with Crippen LogP contribution in [-0.4, -0.2) is 12.4 Å². The van der Waals surface area contributed by atoms with Gasteiger partial charge in [0, 0.05) is 0 Å². The minimum Gasteiger partial charge on any atom is -0.456 e. The van der Waals surface area contributed by atoms with Crippen LogP contribution in [-0.2, 0) is 11.8 Å². The lowest BCUT2D eigenvalue weighted by molar-refractivity contribution is -0.288. The van der Waals surface area contributed by atoms with Crippen LogP contribution >= 0.6 is 23.2 Å². The highest BCUT2D eigenvalue weighted by Crippen LogP contribution is 2.56. The Morgan fingerprint density at radius 3 is 1.79 bits per heavy atom. The van der Waals surface area contributed by atoms with Crippen LogP contribution in [0.5, 0.6) is 11.5 Å². The van der Waals surface area contributed by atoms with Crippen molar-refractivity contribution in [1.82, 2.24) is 0 Å². The summed E-state index contributed by atoms with van der Waals surface area (Å²) >= 11 is 12.3. The SMILES string of the molecule is CCC(CCc1ccc(C(c2ccc(Oc3cccc([C@H](C)Cl)c3C#N)cc2)(C(F)(F)F)C(F)(F)F)cc1)c1cccc(Cl)c1C#N. The molecule has 0 saturated heterocycles. The zero-order chi connectivity index (χ0) is 34.6. The van der Waals surface area contributed by atoms with Crippen LogP contribution in [0.15, 0.2) is 84.9 Å². The zero-order valence-corrected chi connectivity index (χ0v) is 26.7. The molecule has 3 nitrogen and oxygen atoms in total. The van der Waals surface area contributed by atoms with E-state index in [9.17, 15) is 36.9 Å².